The molecule has 0 spiro atoms. The van der Waals surface area contributed by atoms with E-state index < -0.39 is 12.1 Å². The zero-order valence-corrected chi connectivity index (χ0v) is 12.4. The van der Waals surface area contributed by atoms with Crippen molar-refractivity contribution in [3.63, 3.8) is 0 Å². The lowest BCUT2D eigenvalue weighted by Gasteiger charge is -2.36. The van der Waals surface area contributed by atoms with E-state index in [9.17, 15) is 9.90 Å². The summed E-state index contributed by atoms with van der Waals surface area (Å²) < 4.78 is 5.54. The topological polar surface area (TPSA) is 49.8 Å². The second kappa shape index (κ2) is 6.16. The van der Waals surface area contributed by atoms with Gasteiger partial charge in [0.2, 0.25) is 0 Å². The fraction of sp³-hybridized carbons (Fsp3) is 0.588. The van der Waals surface area contributed by atoms with Crippen LogP contribution in [0.2, 0.25) is 0 Å². The van der Waals surface area contributed by atoms with E-state index in [0.29, 0.717) is 18.5 Å². The van der Waals surface area contributed by atoms with E-state index in [1.165, 1.54) is 12.8 Å². The summed E-state index contributed by atoms with van der Waals surface area (Å²) in [6.07, 6.45) is 3.41. The first-order valence-corrected chi connectivity index (χ1v) is 7.78. The van der Waals surface area contributed by atoms with Crippen molar-refractivity contribution in [2.75, 3.05) is 7.05 Å². The molecule has 21 heavy (non-hydrogen) atoms. The van der Waals surface area contributed by atoms with Crippen LogP contribution in [0, 0.1) is 0 Å². The van der Waals surface area contributed by atoms with Crippen LogP contribution in [0.15, 0.2) is 30.3 Å². The van der Waals surface area contributed by atoms with Gasteiger partial charge in [0.05, 0.1) is 0 Å². The van der Waals surface area contributed by atoms with Crippen molar-refractivity contribution in [2.45, 2.75) is 56.4 Å². The van der Waals surface area contributed by atoms with Crippen molar-refractivity contribution < 1.29 is 14.6 Å². The van der Waals surface area contributed by atoms with Crippen LogP contribution in [-0.4, -0.2) is 47.3 Å². The molecule has 1 aromatic rings. The van der Waals surface area contributed by atoms with Gasteiger partial charge in [-0.05, 0) is 38.3 Å². The number of rotatable bonds is 4. The summed E-state index contributed by atoms with van der Waals surface area (Å²) in [4.78, 5) is 14.5. The van der Waals surface area contributed by atoms with Gasteiger partial charge in [-0.1, -0.05) is 30.3 Å². The number of piperidine rings is 1. The molecule has 0 aromatic heterocycles. The standard InChI is InChI=1S/C17H23NO3/c1-18-13-7-8-14(18)11-15(10-13)21-17(20)16(19)9-12-5-3-2-4-6-12/h2-6,13-16,19H,7-11H2,1H3/t13-,14+,15?,16-/m1/s1. The van der Waals surface area contributed by atoms with Crippen molar-refractivity contribution in [1.29, 1.82) is 0 Å². The second-order valence-corrected chi connectivity index (χ2v) is 6.29. The number of fused-ring (bicyclic) bond motifs is 2. The summed E-state index contributed by atoms with van der Waals surface area (Å²) in [7, 11) is 2.16. The van der Waals surface area contributed by atoms with E-state index in [4.69, 9.17) is 4.74 Å². The maximum absolute atomic E-state index is 12.0. The van der Waals surface area contributed by atoms with E-state index in [1.807, 2.05) is 30.3 Å². The Kier molecular flexibility index (Phi) is 4.27. The molecule has 4 atom stereocenters. The highest BCUT2D eigenvalue weighted by atomic mass is 16.6. The lowest BCUT2D eigenvalue weighted by atomic mass is 10.0. The van der Waals surface area contributed by atoms with E-state index in [2.05, 4.69) is 11.9 Å². The van der Waals surface area contributed by atoms with Gasteiger partial charge in [0.15, 0.2) is 6.10 Å². The molecule has 2 aliphatic rings. The fourth-order valence-corrected chi connectivity index (χ4v) is 3.62. The Morgan fingerprint density at radius 3 is 2.52 bits per heavy atom. The third kappa shape index (κ3) is 3.27. The number of benzene rings is 1. The van der Waals surface area contributed by atoms with Crippen molar-refractivity contribution >= 4 is 5.97 Å². The van der Waals surface area contributed by atoms with E-state index in [-0.39, 0.29) is 6.10 Å². The van der Waals surface area contributed by atoms with Crippen LogP contribution in [-0.2, 0) is 16.0 Å². The van der Waals surface area contributed by atoms with Crippen LogP contribution in [0.3, 0.4) is 0 Å². The highest BCUT2D eigenvalue weighted by molar-refractivity contribution is 5.75. The highest BCUT2D eigenvalue weighted by Crippen LogP contribution is 2.35. The molecule has 4 heteroatoms. The Hall–Kier alpha value is -1.39. The van der Waals surface area contributed by atoms with Crippen molar-refractivity contribution in [1.82, 2.24) is 4.90 Å². The molecule has 1 N–H and O–H groups in total. The number of ether oxygens (including phenoxy) is 1. The predicted molar refractivity (Wildman–Crippen MR) is 79.8 cm³/mol. The van der Waals surface area contributed by atoms with Gasteiger partial charge >= 0.3 is 5.97 Å². The molecule has 2 saturated heterocycles. The molecule has 2 fully saturated rings. The summed E-state index contributed by atoms with van der Waals surface area (Å²) in [6, 6.07) is 10.6. The number of esters is 1. The van der Waals surface area contributed by atoms with E-state index in [0.717, 1.165) is 18.4 Å². The van der Waals surface area contributed by atoms with Crippen LogP contribution in [0.5, 0.6) is 0 Å². The van der Waals surface area contributed by atoms with E-state index in [1.54, 1.807) is 0 Å². The summed E-state index contributed by atoms with van der Waals surface area (Å²) >= 11 is 0. The zero-order valence-electron chi connectivity index (χ0n) is 12.4. The SMILES string of the molecule is CN1[C@@H]2CC[C@H]1CC(OC(=O)[C@H](O)Cc1ccccc1)C2. The van der Waals surface area contributed by atoms with Gasteiger partial charge in [-0.2, -0.15) is 0 Å². The predicted octanol–water partition coefficient (Wildman–Crippen LogP) is 1.76. The van der Waals surface area contributed by atoms with Gasteiger partial charge in [0, 0.05) is 18.5 Å². The van der Waals surface area contributed by atoms with Crippen LogP contribution in [0.4, 0.5) is 0 Å². The molecule has 1 unspecified atom stereocenters. The zero-order chi connectivity index (χ0) is 14.8. The second-order valence-electron chi connectivity index (χ2n) is 6.29. The molecule has 0 aliphatic carbocycles. The van der Waals surface area contributed by atoms with Gasteiger partial charge in [0.1, 0.15) is 6.10 Å². The van der Waals surface area contributed by atoms with Crippen molar-refractivity contribution in [3.8, 4) is 0 Å². The molecule has 4 nitrogen and oxygen atoms in total. The first kappa shape index (κ1) is 14.5. The lowest BCUT2D eigenvalue weighted by Crippen LogP contribution is -2.44. The Balaban J connectivity index is 1.52. The maximum atomic E-state index is 12.0. The molecule has 2 bridgehead atoms. The normalized spacial score (nSPS) is 30.1. The third-order valence-corrected chi connectivity index (χ3v) is 4.88. The Labute approximate surface area is 125 Å². The summed E-state index contributed by atoms with van der Waals surface area (Å²) in [5.74, 6) is -0.479. The molecule has 0 radical (unpaired) electrons. The number of hydrogen-bond donors (Lipinski definition) is 1. The third-order valence-electron chi connectivity index (χ3n) is 4.88. The number of hydrogen-bond acceptors (Lipinski definition) is 4. The van der Waals surface area contributed by atoms with Gasteiger partial charge in [0.25, 0.3) is 0 Å². The Bertz CT molecular complexity index is 476. The first-order valence-electron chi connectivity index (χ1n) is 7.78. The average molecular weight is 289 g/mol. The molecular weight excluding hydrogens is 266 g/mol. The van der Waals surface area contributed by atoms with Gasteiger partial charge < -0.3 is 14.7 Å². The van der Waals surface area contributed by atoms with Gasteiger partial charge in [-0.15, -0.1) is 0 Å². The largest absolute Gasteiger partial charge is 0.460 e. The first-order chi connectivity index (χ1) is 10.1. The molecule has 2 aliphatic heterocycles. The molecule has 3 rings (SSSR count). The minimum atomic E-state index is -1.07. The summed E-state index contributed by atoms with van der Waals surface area (Å²) in [5.41, 5.74) is 0.949. The quantitative estimate of drug-likeness (QED) is 0.858. The van der Waals surface area contributed by atoms with Crippen LogP contribution in [0.25, 0.3) is 0 Å². The van der Waals surface area contributed by atoms with Gasteiger partial charge in [-0.25, -0.2) is 4.79 Å². The van der Waals surface area contributed by atoms with Crippen LogP contribution in [0.1, 0.15) is 31.2 Å². The highest BCUT2D eigenvalue weighted by Gasteiger charge is 2.40. The fourth-order valence-electron chi connectivity index (χ4n) is 3.62. The smallest absolute Gasteiger partial charge is 0.335 e. The molecular formula is C17H23NO3. The Morgan fingerprint density at radius 1 is 1.29 bits per heavy atom. The number of nitrogens with zero attached hydrogens (tertiary/aromatic N) is 1. The molecule has 1 aromatic carbocycles. The van der Waals surface area contributed by atoms with Crippen molar-refractivity contribution in [2.24, 2.45) is 0 Å². The van der Waals surface area contributed by atoms with E-state index >= 15 is 0 Å². The Morgan fingerprint density at radius 2 is 1.90 bits per heavy atom. The van der Waals surface area contributed by atoms with Crippen LogP contribution >= 0.6 is 0 Å². The molecule has 2 heterocycles. The number of carbonyl (C=O) groups is 1. The minimum Gasteiger partial charge on any atom is -0.460 e. The molecule has 0 saturated carbocycles. The summed E-state index contributed by atoms with van der Waals surface area (Å²) in [6.45, 7) is 0. The minimum absolute atomic E-state index is 0.0309. The number of carbonyl (C=O) groups excluding carboxylic acids is 1. The molecule has 114 valence electrons. The van der Waals surface area contributed by atoms with Crippen molar-refractivity contribution in [3.05, 3.63) is 35.9 Å². The molecule has 0 amide bonds. The summed E-state index contributed by atoms with van der Waals surface area (Å²) in [5, 5.41) is 10.0. The maximum Gasteiger partial charge on any atom is 0.335 e. The average Bonchev–Trinajstić information content (AvgIpc) is 2.71. The van der Waals surface area contributed by atoms with Crippen LogP contribution < -0.4 is 0 Å². The number of aliphatic hydroxyl groups is 1. The monoisotopic (exact) mass is 289 g/mol. The number of aliphatic hydroxyl groups excluding tert-OH is 1. The van der Waals surface area contributed by atoms with Gasteiger partial charge in [-0.3, -0.25) is 0 Å². The lowest BCUT2D eigenvalue weighted by molar-refractivity contribution is -0.162.